The fourth-order valence-electron chi connectivity index (χ4n) is 3.79. The molecule has 1 atom stereocenters. The molecule has 2 N–H and O–H groups in total. The molecule has 2 aromatic carbocycles. The van der Waals surface area contributed by atoms with Crippen LogP contribution in [-0.2, 0) is 4.79 Å². The number of hydrogen-bond donors (Lipinski definition) is 2. The molecular weight excluding hydrogens is 381 g/mol. The summed E-state index contributed by atoms with van der Waals surface area (Å²) in [5.74, 6) is -0.664. The van der Waals surface area contributed by atoms with Crippen molar-refractivity contribution in [3.8, 4) is 0 Å². The largest absolute Gasteiger partial charge is 0.417 e. The summed E-state index contributed by atoms with van der Waals surface area (Å²) in [7, 11) is 0. The van der Waals surface area contributed by atoms with Gasteiger partial charge in [-0.25, -0.2) is 0 Å². The van der Waals surface area contributed by atoms with Crippen molar-refractivity contribution in [3.63, 3.8) is 0 Å². The average molecular weight is 407 g/mol. The number of alkyl halides is 3. The summed E-state index contributed by atoms with van der Waals surface area (Å²) < 4.78 is 38.6. The number of benzene rings is 2. The van der Waals surface area contributed by atoms with Gasteiger partial charge in [0, 0.05) is 11.1 Å². The minimum absolute atomic E-state index is 0.0907. The number of amides is 1. The van der Waals surface area contributed by atoms with Gasteiger partial charge in [0.2, 0.25) is 5.91 Å². The lowest BCUT2D eigenvalue weighted by Gasteiger charge is -2.38. The number of aliphatic hydroxyl groups is 1. The van der Waals surface area contributed by atoms with Crippen molar-refractivity contribution in [2.45, 2.75) is 31.2 Å². The Morgan fingerprint density at radius 3 is 1.86 bits per heavy atom. The minimum atomic E-state index is -4.83. The van der Waals surface area contributed by atoms with E-state index in [1.165, 1.54) is 9.80 Å². The molecule has 1 saturated heterocycles. The second-order valence-electron chi connectivity index (χ2n) is 7.74. The Labute approximate surface area is 168 Å². The van der Waals surface area contributed by atoms with Crippen LogP contribution in [-0.4, -0.2) is 53.9 Å². The molecule has 3 rings (SSSR count). The summed E-state index contributed by atoms with van der Waals surface area (Å²) in [6, 6.07) is 20.3. The highest BCUT2D eigenvalue weighted by molar-refractivity contribution is 5.77. The van der Waals surface area contributed by atoms with Crippen LogP contribution in [0.4, 0.5) is 13.2 Å². The van der Waals surface area contributed by atoms with Crippen molar-refractivity contribution in [1.82, 2.24) is 4.90 Å². The second kappa shape index (κ2) is 8.55. The van der Waals surface area contributed by atoms with E-state index in [2.05, 4.69) is 24.3 Å². The maximum absolute atomic E-state index is 12.9. The normalized spacial score (nSPS) is 17.9. The van der Waals surface area contributed by atoms with E-state index in [9.17, 15) is 23.1 Å². The third kappa shape index (κ3) is 4.97. The molecule has 156 valence electrons. The summed E-state index contributed by atoms with van der Waals surface area (Å²) >= 11 is 0. The average Bonchev–Trinajstić information content (AvgIpc) is 2.69. The van der Waals surface area contributed by atoms with Crippen molar-refractivity contribution >= 4 is 5.91 Å². The van der Waals surface area contributed by atoms with Gasteiger partial charge in [0.05, 0.1) is 32.6 Å². The highest BCUT2D eigenvalue weighted by atomic mass is 19.4. The molecule has 2 aromatic rings. The fourth-order valence-corrected chi connectivity index (χ4v) is 3.79. The van der Waals surface area contributed by atoms with Gasteiger partial charge < -0.3 is 14.9 Å². The van der Waals surface area contributed by atoms with Crippen LogP contribution in [0.15, 0.2) is 60.7 Å². The monoisotopic (exact) mass is 407 g/mol. The number of nitrogens with one attached hydrogen (secondary N) is 1. The van der Waals surface area contributed by atoms with E-state index in [0.29, 0.717) is 33.1 Å². The quantitative estimate of drug-likeness (QED) is 0.798. The molecule has 0 bridgehead atoms. The number of quaternary nitrogens is 1. The van der Waals surface area contributed by atoms with Gasteiger partial charge >= 0.3 is 6.18 Å². The number of halogens is 3. The fraction of sp³-hybridized carbons (Fsp3) is 0.409. The number of nitrogens with zero attached hydrogens (tertiary/aromatic N) is 1. The van der Waals surface area contributed by atoms with Crippen LogP contribution in [0.3, 0.4) is 0 Å². The van der Waals surface area contributed by atoms with Gasteiger partial charge in [0.1, 0.15) is 6.04 Å². The third-order valence-electron chi connectivity index (χ3n) is 5.54. The molecule has 0 unspecified atom stereocenters. The topological polar surface area (TPSA) is 45.0 Å². The van der Waals surface area contributed by atoms with E-state index in [4.69, 9.17) is 0 Å². The van der Waals surface area contributed by atoms with Gasteiger partial charge in [-0.2, -0.15) is 13.2 Å². The van der Waals surface area contributed by atoms with Gasteiger partial charge in [-0.05, 0) is 6.92 Å². The SMILES string of the molecule is C[C@](O)(CC(=O)N1CC[NH+](C(c2ccccc2)c2ccccc2)CC1)C(F)(F)F. The van der Waals surface area contributed by atoms with Crippen LogP contribution >= 0.6 is 0 Å². The molecule has 29 heavy (non-hydrogen) atoms. The number of hydrogen-bond acceptors (Lipinski definition) is 2. The van der Waals surface area contributed by atoms with Gasteiger partial charge in [-0.1, -0.05) is 60.7 Å². The first-order valence-corrected chi connectivity index (χ1v) is 9.70. The zero-order chi connectivity index (χ0) is 21.1. The lowest BCUT2D eigenvalue weighted by Crippen LogP contribution is -3.15. The number of carbonyl (C=O) groups is 1. The molecule has 0 aromatic heterocycles. The molecule has 1 aliphatic heterocycles. The van der Waals surface area contributed by atoms with Crippen LogP contribution in [0.25, 0.3) is 0 Å². The van der Waals surface area contributed by atoms with E-state index in [1.807, 2.05) is 36.4 Å². The Balaban J connectivity index is 1.70. The minimum Gasteiger partial charge on any atom is -0.380 e. The first-order valence-electron chi connectivity index (χ1n) is 9.70. The van der Waals surface area contributed by atoms with Crippen LogP contribution < -0.4 is 4.90 Å². The van der Waals surface area contributed by atoms with E-state index in [-0.39, 0.29) is 6.04 Å². The van der Waals surface area contributed by atoms with E-state index in [1.54, 1.807) is 0 Å². The van der Waals surface area contributed by atoms with Crippen molar-refractivity contribution in [2.75, 3.05) is 26.2 Å². The van der Waals surface area contributed by atoms with Crippen LogP contribution in [0, 0.1) is 0 Å². The Hall–Kier alpha value is -2.38. The third-order valence-corrected chi connectivity index (χ3v) is 5.54. The Kier molecular flexibility index (Phi) is 6.29. The Morgan fingerprint density at radius 1 is 1.00 bits per heavy atom. The molecule has 0 aliphatic carbocycles. The lowest BCUT2D eigenvalue weighted by molar-refractivity contribution is -0.929. The molecular formula is C22H26F3N2O2+. The second-order valence-corrected chi connectivity index (χ2v) is 7.74. The summed E-state index contributed by atoms with van der Waals surface area (Å²) in [4.78, 5) is 15.0. The van der Waals surface area contributed by atoms with Gasteiger partial charge in [-0.15, -0.1) is 0 Å². The van der Waals surface area contributed by atoms with Crippen molar-refractivity contribution < 1.29 is 28.0 Å². The number of piperazine rings is 1. The zero-order valence-electron chi connectivity index (χ0n) is 16.3. The molecule has 1 amide bonds. The summed E-state index contributed by atoms with van der Waals surface area (Å²) in [6.45, 7) is 2.60. The summed E-state index contributed by atoms with van der Waals surface area (Å²) in [5, 5.41) is 9.61. The lowest BCUT2D eigenvalue weighted by atomic mass is 9.96. The maximum Gasteiger partial charge on any atom is 0.417 e. The Bertz CT molecular complexity index is 762. The number of carbonyl (C=O) groups excluding carboxylic acids is 1. The van der Waals surface area contributed by atoms with Crippen LogP contribution in [0.2, 0.25) is 0 Å². The van der Waals surface area contributed by atoms with Crippen molar-refractivity contribution in [2.24, 2.45) is 0 Å². The highest BCUT2D eigenvalue weighted by Gasteiger charge is 2.51. The molecule has 7 heteroatoms. The summed E-state index contributed by atoms with van der Waals surface area (Å²) in [5.41, 5.74) is -0.688. The van der Waals surface area contributed by atoms with Crippen molar-refractivity contribution in [1.29, 1.82) is 0 Å². The van der Waals surface area contributed by atoms with Crippen molar-refractivity contribution in [3.05, 3.63) is 71.8 Å². The van der Waals surface area contributed by atoms with E-state index in [0.717, 1.165) is 11.1 Å². The van der Waals surface area contributed by atoms with Gasteiger partial charge in [0.25, 0.3) is 0 Å². The first-order chi connectivity index (χ1) is 13.7. The molecule has 0 spiro atoms. The molecule has 1 aliphatic rings. The zero-order valence-corrected chi connectivity index (χ0v) is 16.3. The Morgan fingerprint density at radius 2 is 1.45 bits per heavy atom. The first kappa shape index (κ1) is 21.3. The predicted molar refractivity (Wildman–Crippen MR) is 103 cm³/mol. The van der Waals surface area contributed by atoms with E-state index < -0.39 is 24.1 Å². The van der Waals surface area contributed by atoms with Crippen LogP contribution in [0.5, 0.6) is 0 Å². The molecule has 1 heterocycles. The molecule has 4 nitrogen and oxygen atoms in total. The smallest absolute Gasteiger partial charge is 0.380 e. The van der Waals surface area contributed by atoms with Crippen LogP contribution in [0.1, 0.15) is 30.5 Å². The molecule has 0 saturated carbocycles. The van der Waals surface area contributed by atoms with E-state index >= 15 is 0 Å². The molecule has 1 fully saturated rings. The van der Waals surface area contributed by atoms with Gasteiger partial charge in [-0.3, -0.25) is 4.79 Å². The molecule has 0 radical (unpaired) electrons. The summed E-state index contributed by atoms with van der Waals surface area (Å²) in [6.07, 6.45) is -5.78. The predicted octanol–water partition coefficient (Wildman–Crippen LogP) is 2.21. The standard InChI is InChI=1S/C22H25F3N2O2/c1-21(29,22(23,24)25)16-19(28)26-12-14-27(15-13-26)20(17-8-4-2-5-9-17)18-10-6-3-7-11-18/h2-11,20,29H,12-16H2,1H3/p+1/t21-/m0/s1. The highest BCUT2D eigenvalue weighted by Crippen LogP contribution is 2.33. The maximum atomic E-state index is 12.9. The number of rotatable bonds is 5. The van der Waals surface area contributed by atoms with Gasteiger partial charge in [0.15, 0.2) is 5.60 Å².